The second-order valence-electron chi connectivity index (χ2n) is 4.34. The van der Waals surface area contributed by atoms with Crippen LogP contribution in [0.4, 0.5) is 8.78 Å². The van der Waals surface area contributed by atoms with E-state index in [1.54, 1.807) is 0 Å². The number of nitrogens with two attached hydrogens (primary N) is 1. The molecule has 0 aromatic heterocycles. The third kappa shape index (κ3) is 3.00. The van der Waals surface area contributed by atoms with Gasteiger partial charge in [-0.2, -0.15) is 0 Å². The molecule has 0 aliphatic heterocycles. The third-order valence-electron chi connectivity index (χ3n) is 2.90. The number of hydrogen-bond donors (Lipinski definition) is 2. The molecule has 0 heterocycles. The largest absolute Gasteiger partial charge is 0.350 e. The van der Waals surface area contributed by atoms with Gasteiger partial charge in [0.1, 0.15) is 11.6 Å². The molecule has 0 radical (unpaired) electrons. The monoisotopic (exact) mass is 240 g/mol. The first-order valence-corrected chi connectivity index (χ1v) is 5.57. The van der Waals surface area contributed by atoms with E-state index in [1.165, 1.54) is 0 Å². The Hall–Kier alpha value is -1.49. The van der Waals surface area contributed by atoms with Gasteiger partial charge < -0.3 is 11.1 Å². The van der Waals surface area contributed by atoms with Crippen molar-refractivity contribution >= 4 is 5.91 Å². The van der Waals surface area contributed by atoms with Crippen molar-refractivity contribution in [3.63, 3.8) is 0 Å². The van der Waals surface area contributed by atoms with Gasteiger partial charge in [0.25, 0.3) is 5.91 Å². The predicted octanol–water partition coefficient (Wildman–Crippen LogP) is 1.43. The van der Waals surface area contributed by atoms with Gasteiger partial charge in [-0.1, -0.05) is 0 Å². The Balaban J connectivity index is 1.94. The van der Waals surface area contributed by atoms with E-state index in [0.717, 1.165) is 25.0 Å². The molecular formula is C12H14F2N2O. The molecule has 0 saturated heterocycles. The topological polar surface area (TPSA) is 55.1 Å². The van der Waals surface area contributed by atoms with E-state index in [0.29, 0.717) is 18.5 Å². The zero-order valence-corrected chi connectivity index (χ0v) is 9.25. The number of carbonyl (C=O) groups is 1. The summed E-state index contributed by atoms with van der Waals surface area (Å²) < 4.78 is 25.9. The molecule has 1 aromatic carbocycles. The van der Waals surface area contributed by atoms with Gasteiger partial charge in [0.2, 0.25) is 0 Å². The summed E-state index contributed by atoms with van der Waals surface area (Å²) >= 11 is 0. The molecule has 0 bridgehead atoms. The first-order valence-electron chi connectivity index (χ1n) is 5.57. The first-order chi connectivity index (χ1) is 8.08. The second-order valence-corrected chi connectivity index (χ2v) is 4.34. The maximum Gasteiger partial charge on any atom is 0.254 e. The average Bonchev–Trinajstić information content (AvgIpc) is 3.09. The summed E-state index contributed by atoms with van der Waals surface area (Å²) in [5, 5.41) is 2.55. The van der Waals surface area contributed by atoms with E-state index in [-0.39, 0.29) is 11.6 Å². The quantitative estimate of drug-likeness (QED) is 0.836. The summed E-state index contributed by atoms with van der Waals surface area (Å²) in [5.74, 6) is -1.65. The lowest BCUT2D eigenvalue weighted by Crippen LogP contribution is -2.38. The van der Waals surface area contributed by atoms with Gasteiger partial charge in [-0.25, -0.2) is 8.78 Å². The van der Waals surface area contributed by atoms with Crippen LogP contribution in [0.25, 0.3) is 0 Å². The Morgan fingerprint density at radius 3 is 2.76 bits per heavy atom. The molecule has 1 atom stereocenters. The summed E-state index contributed by atoms with van der Waals surface area (Å²) in [6.07, 6.45) is 2.17. The third-order valence-corrected chi connectivity index (χ3v) is 2.90. The molecule has 3 N–H and O–H groups in total. The summed E-state index contributed by atoms with van der Waals surface area (Å²) in [5.41, 5.74) is 5.64. The van der Waals surface area contributed by atoms with Gasteiger partial charge in [0, 0.05) is 18.7 Å². The first kappa shape index (κ1) is 12.0. The predicted molar refractivity (Wildman–Crippen MR) is 59.4 cm³/mol. The molecule has 3 nitrogen and oxygen atoms in total. The molecule has 2 rings (SSSR count). The van der Waals surface area contributed by atoms with Crippen LogP contribution in [0, 0.1) is 17.6 Å². The molecular weight excluding hydrogens is 226 g/mol. The molecule has 17 heavy (non-hydrogen) atoms. The van der Waals surface area contributed by atoms with Gasteiger partial charge in [-0.3, -0.25) is 4.79 Å². The van der Waals surface area contributed by atoms with Crippen molar-refractivity contribution in [2.75, 3.05) is 6.54 Å². The van der Waals surface area contributed by atoms with E-state index < -0.39 is 17.5 Å². The smallest absolute Gasteiger partial charge is 0.254 e. The molecule has 1 amide bonds. The van der Waals surface area contributed by atoms with Gasteiger partial charge in [0.05, 0.1) is 5.56 Å². The van der Waals surface area contributed by atoms with E-state index in [9.17, 15) is 13.6 Å². The van der Waals surface area contributed by atoms with Crippen LogP contribution in [-0.4, -0.2) is 18.5 Å². The zero-order valence-electron chi connectivity index (χ0n) is 9.25. The van der Waals surface area contributed by atoms with Crippen molar-refractivity contribution < 1.29 is 13.6 Å². The highest BCUT2D eigenvalue weighted by molar-refractivity contribution is 5.94. The van der Waals surface area contributed by atoms with E-state index >= 15 is 0 Å². The lowest BCUT2D eigenvalue weighted by molar-refractivity contribution is 0.0946. The maximum absolute atomic E-state index is 13.3. The molecule has 1 fully saturated rings. The molecule has 1 saturated carbocycles. The van der Waals surface area contributed by atoms with Crippen molar-refractivity contribution in [1.29, 1.82) is 0 Å². The number of nitrogens with one attached hydrogen (secondary N) is 1. The number of rotatable bonds is 4. The molecule has 92 valence electrons. The molecule has 0 spiro atoms. The normalized spacial score (nSPS) is 16.6. The average molecular weight is 240 g/mol. The van der Waals surface area contributed by atoms with E-state index in [4.69, 9.17) is 5.73 Å². The summed E-state index contributed by atoms with van der Waals surface area (Å²) in [4.78, 5) is 11.6. The van der Waals surface area contributed by atoms with Crippen LogP contribution >= 0.6 is 0 Å². The summed E-state index contributed by atoms with van der Waals surface area (Å²) in [7, 11) is 0. The van der Waals surface area contributed by atoms with Crippen LogP contribution in [0.2, 0.25) is 0 Å². The van der Waals surface area contributed by atoms with Crippen LogP contribution in [0.3, 0.4) is 0 Å². The minimum atomic E-state index is -0.859. The number of hydrogen-bond acceptors (Lipinski definition) is 2. The number of benzene rings is 1. The Morgan fingerprint density at radius 2 is 2.18 bits per heavy atom. The van der Waals surface area contributed by atoms with Crippen LogP contribution in [-0.2, 0) is 0 Å². The molecule has 1 aromatic rings. The van der Waals surface area contributed by atoms with Crippen molar-refractivity contribution in [2.45, 2.75) is 18.9 Å². The van der Waals surface area contributed by atoms with Crippen LogP contribution in [0.15, 0.2) is 18.2 Å². The molecule has 1 unspecified atom stereocenters. The van der Waals surface area contributed by atoms with E-state index in [2.05, 4.69) is 5.32 Å². The Labute approximate surface area is 98.0 Å². The molecule has 5 heteroatoms. The van der Waals surface area contributed by atoms with Gasteiger partial charge >= 0.3 is 0 Å². The van der Waals surface area contributed by atoms with Crippen molar-refractivity contribution in [1.82, 2.24) is 5.32 Å². The standard InChI is InChI=1S/C12H14F2N2O/c13-8-3-4-9(10(14)5-8)12(17)16-6-11(15)7-1-2-7/h3-5,7,11H,1-2,6,15H2,(H,16,17). The summed E-state index contributed by atoms with van der Waals surface area (Å²) in [6, 6.07) is 2.79. The fraction of sp³-hybridized carbons (Fsp3) is 0.417. The molecule has 1 aliphatic carbocycles. The Kier molecular flexibility index (Phi) is 3.38. The lowest BCUT2D eigenvalue weighted by atomic mass is 10.1. The fourth-order valence-corrected chi connectivity index (χ4v) is 1.67. The summed E-state index contributed by atoms with van der Waals surface area (Å²) in [6.45, 7) is 0.320. The van der Waals surface area contributed by atoms with Crippen molar-refractivity contribution in [3.8, 4) is 0 Å². The number of halogens is 2. The Morgan fingerprint density at radius 1 is 1.47 bits per heavy atom. The van der Waals surface area contributed by atoms with Gasteiger partial charge in [-0.05, 0) is 30.9 Å². The van der Waals surface area contributed by atoms with Crippen LogP contribution < -0.4 is 11.1 Å². The molecule has 1 aliphatic rings. The minimum Gasteiger partial charge on any atom is -0.350 e. The van der Waals surface area contributed by atoms with Gasteiger partial charge in [-0.15, -0.1) is 0 Å². The lowest BCUT2D eigenvalue weighted by Gasteiger charge is -2.11. The highest BCUT2D eigenvalue weighted by Crippen LogP contribution is 2.31. The highest BCUT2D eigenvalue weighted by Gasteiger charge is 2.28. The van der Waals surface area contributed by atoms with Crippen LogP contribution in [0.5, 0.6) is 0 Å². The number of carbonyl (C=O) groups excluding carboxylic acids is 1. The van der Waals surface area contributed by atoms with Crippen molar-refractivity contribution in [2.24, 2.45) is 11.7 Å². The zero-order chi connectivity index (χ0) is 12.4. The van der Waals surface area contributed by atoms with Crippen molar-refractivity contribution in [3.05, 3.63) is 35.4 Å². The van der Waals surface area contributed by atoms with E-state index in [1.807, 2.05) is 0 Å². The Bertz CT molecular complexity index is 433. The number of amides is 1. The minimum absolute atomic E-state index is 0.0811. The highest BCUT2D eigenvalue weighted by atomic mass is 19.1. The maximum atomic E-state index is 13.3. The second kappa shape index (κ2) is 4.79. The van der Waals surface area contributed by atoms with Gasteiger partial charge in [0.15, 0.2) is 0 Å². The van der Waals surface area contributed by atoms with Crippen LogP contribution in [0.1, 0.15) is 23.2 Å². The SMILES string of the molecule is NC(CNC(=O)c1ccc(F)cc1F)C1CC1. The fourth-order valence-electron chi connectivity index (χ4n) is 1.67.